The molecule has 156 valence electrons. The number of carbonyl (C=O) groups is 2. The maximum absolute atomic E-state index is 13.7. The van der Waals surface area contributed by atoms with Crippen LogP contribution >= 0.6 is 0 Å². The summed E-state index contributed by atoms with van der Waals surface area (Å²) in [5.41, 5.74) is 0.792. The largest absolute Gasteiger partial charge is 0.496 e. The van der Waals surface area contributed by atoms with Gasteiger partial charge in [0.2, 0.25) is 11.8 Å². The SMILES string of the molecule is COc1ccccc1CNC(=O)[C@@H]1CCCN1C(=O)C12CC3CC(CC(C3)C1)C2. The van der Waals surface area contributed by atoms with Crippen molar-refractivity contribution in [2.75, 3.05) is 13.7 Å². The van der Waals surface area contributed by atoms with Crippen LogP contribution in [0.1, 0.15) is 56.9 Å². The van der Waals surface area contributed by atoms with Crippen LogP contribution in [0.4, 0.5) is 0 Å². The summed E-state index contributed by atoms with van der Waals surface area (Å²) in [7, 11) is 1.64. The fourth-order valence-corrected chi connectivity index (χ4v) is 7.11. The Morgan fingerprint density at radius 3 is 2.41 bits per heavy atom. The molecule has 5 nitrogen and oxygen atoms in total. The average molecular weight is 397 g/mol. The third-order valence-corrected chi connectivity index (χ3v) is 7.95. The van der Waals surface area contributed by atoms with Gasteiger partial charge < -0.3 is 15.0 Å². The number of methoxy groups -OCH3 is 1. The Kier molecular flexibility index (Phi) is 4.79. The van der Waals surface area contributed by atoms with E-state index in [1.807, 2.05) is 29.2 Å². The van der Waals surface area contributed by atoms with Gasteiger partial charge in [0.1, 0.15) is 11.8 Å². The van der Waals surface area contributed by atoms with Gasteiger partial charge in [-0.2, -0.15) is 0 Å². The van der Waals surface area contributed by atoms with Crippen LogP contribution in [0.25, 0.3) is 0 Å². The Morgan fingerprint density at radius 2 is 1.76 bits per heavy atom. The first-order valence-electron chi connectivity index (χ1n) is 11.3. The first-order chi connectivity index (χ1) is 14.1. The van der Waals surface area contributed by atoms with Crippen molar-refractivity contribution in [1.82, 2.24) is 10.2 Å². The molecule has 5 aliphatic rings. The summed E-state index contributed by atoms with van der Waals surface area (Å²) in [6.45, 7) is 1.16. The van der Waals surface area contributed by atoms with Crippen LogP contribution in [0.3, 0.4) is 0 Å². The first kappa shape index (κ1) is 19.0. The summed E-state index contributed by atoms with van der Waals surface area (Å²) < 4.78 is 5.38. The minimum Gasteiger partial charge on any atom is -0.496 e. The molecule has 4 saturated carbocycles. The minimum absolute atomic E-state index is 0.0218. The van der Waals surface area contributed by atoms with Crippen molar-refractivity contribution in [2.45, 2.75) is 64.0 Å². The highest BCUT2D eigenvalue weighted by Gasteiger charge is 2.56. The number of amides is 2. The normalized spacial score (nSPS) is 35.0. The summed E-state index contributed by atoms with van der Waals surface area (Å²) >= 11 is 0. The van der Waals surface area contributed by atoms with Gasteiger partial charge in [0.15, 0.2) is 0 Å². The van der Waals surface area contributed by atoms with E-state index in [-0.39, 0.29) is 23.3 Å². The zero-order chi connectivity index (χ0) is 20.0. The molecule has 29 heavy (non-hydrogen) atoms. The fraction of sp³-hybridized carbons (Fsp3) is 0.667. The molecule has 2 amide bonds. The Morgan fingerprint density at radius 1 is 1.10 bits per heavy atom. The van der Waals surface area contributed by atoms with Crippen molar-refractivity contribution in [1.29, 1.82) is 0 Å². The molecule has 5 heteroatoms. The van der Waals surface area contributed by atoms with Crippen LogP contribution in [0.5, 0.6) is 5.75 Å². The molecular formula is C24H32N2O3. The predicted octanol–water partition coefficient (Wildman–Crippen LogP) is 3.52. The molecule has 0 radical (unpaired) electrons. The third kappa shape index (κ3) is 3.32. The lowest BCUT2D eigenvalue weighted by atomic mass is 9.49. The molecule has 1 N–H and O–H groups in total. The summed E-state index contributed by atoms with van der Waals surface area (Å²) in [6.07, 6.45) is 8.86. The van der Waals surface area contributed by atoms with Crippen LogP contribution in [0.15, 0.2) is 24.3 Å². The van der Waals surface area contributed by atoms with Crippen LogP contribution in [0.2, 0.25) is 0 Å². The van der Waals surface area contributed by atoms with E-state index < -0.39 is 0 Å². The molecule has 6 rings (SSSR count). The standard InChI is InChI=1S/C24H32N2O3/c1-29-21-7-3-2-5-19(21)15-25-22(27)20-6-4-8-26(20)23(28)24-12-16-9-17(13-24)11-18(10-16)14-24/h2-3,5,7,16-18,20H,4,6,8-15H2,1H3,(H,25,27)/t16?,17?,18?,20-,24?/m0/s1. The highest BCUT2D eigenvalue weighted by Crippen LogP contribution is 2.60. The lowest BCUT2D eigenvalue weighted by Gasteiger charge is -2.56. The number of para-hydroxylation sites is 1. The lowest BCUT2D eigenvalue weighted by molar-refractivity contribution is -0.160. The molecule has 0 aromatic heterocycles. The smallest absolute Gasteiger partial charge is 0.243 e. The fourth-order valence-electron chi connectivity index (χ4n) is 7.11. The van der Waals surface area contributed by atoms with E-state index in [0.717, 1.165) is 67.7 Å². The number of hydrogen-bond donors (Lipinski definition) is 1. The van der Waals surface area contributed by atoms with Crippen LogP contribution in [0, 0.1) is 23.2 Å². The zero-order valence-electron chi connectivity index (χ0n) is 17.4. The van der Waals surface area contributed by atoms with E-state index in [4.69, 9.17) is 4.74 Å². The highest BCUT2D eigenvalue weighted by molar-refractivity contribution is 5.91. The summed E-state index contributed by atoms with van der Waals surface area (Å²) in [4.78, 5) is 28.7. The van der Waals surface area contributed by atoms with Gasteiger partial charge >= 0.3 is 0 Å². The molecule has 0 unspecified atom stereocenters. The number of ether oxygens (including phenoxy) is 1. The zero-order valence-corrected chi connectivity index (χ0v) is 17.4. The second-order valence-electron chi connectivity index (χ2n) is 9.88. The van der Waals surface area contributed by atoms with Gasteiger partial charge in [-0.05, 0) is 75.2 Å². The summed E-state index contributed by atoms with van der Waals surface area (Å²) in [5.74, 6) is 3.26. The Balaban J connectivity index is 1.27. The topological polar surface area (TPSA) is 58.6 Å². The van der Waals surface area contributed by atoms with Crippen LogP contribution < -0.4 is 10.1 Å². The van der Waals surface area contributed by atoms with E-state index in [0.29, 0.717) is 6.54 Å². The Bertz CT molecular complexity index is 770. The highest BCUT2D eigenvalue weighted by atomic mass is 16.5. The maximum Gasteiger partial charge on any atom is 0.243 e. The van der Waals surface area contributed by atoms with Gasteiger partial charge in [-0.3, -0.25) is 9.59 Å². The van der Waals surface area contributed by atoms with E-state index in [9.17, 15) is 9.59 Å². The van der Waals surface area contributed by atoms with E-state index in [2.05, 4.69) is 5.32 Å². The van der Waals surface area contributed by atoms with Crippen molar-refractivity contribution >= 4 is 11.8 Å². The number of likely N-dealkylation sites (tertiary alicyclic amines) is 1. The number of carbonyl (C=O) groups excluding carboxylic acids is 2. The van der Waals surface area contributed by atoms with Gasteiger partial charge in [0.25, 0.3) is 0 Å². The predicted molar refractivity (Wildman–Crippen MR) is 110 cm³/mol. The van der Waals surface area contributed by atoms with E-state index in [1.165, 1.54) is 19.3 Å². The quantitative estimate of drug-likeness (QED) is 0.828. The second-order valence-corrected chi connectivity index (χ2v) is 9.88. The van der Waals surface area contributed by atoms with Gasteiger partial charge in [-0.25, -0.2) is 0 Å². The number of nitrogens with one attached hydrogen (secondary N) is 1. The monoisotopic (exact) mass is 396 g/mol. The molecule has 1 saturated heterocycles. The molecule has 1 aliphatic heterocycles. The number of nitrogens with zero attached hydrogens (tertiary/aromatic N) is 1. The van der Waals surface area contributed by atoms with E-state index >= 15 is 0 Å². The second kappa shape index (κ2) is 7.33. The van der Waals surface area contributed by atoms with Gasteiger partial charge in [-0.1, -0.05) is 18.2 Å². The summed E-state index contributed by atoms with van der Waals surface area (Å²) in [6, 6.07) is 7.42. The molecule has 1 atom stereocenters. The number of benzene rings is 1. The van der Waals surface area contributed by atoms with Crippen molar-refractivity contribution in [3.63, 3.8) is 0 Å². The molecule has 5 fully saturated rings. The van der Waals surface area contributed by atoms with E-state index in [1.54, 1.807) is 7.11 Å². The lowest BCUT2D eigenvalue weighted by Crippen LogP contribution is -2.57. The van der Waals surface area contributed by atoms with Crippen LogP contribution in [-0.4, -0.2) is 36.4 Å². The number of hydrogen-bond acceptors (Lipinski definition) is 3. The first-order valence-corrected chi connectivity index (χ1v) is 11.3. The molecule has 1 aromatic rings. The minimum atomic E-state index is -0.315. The Labute approximate surface area is 173 Å². The van der Waals surface area contributed by atoms with Gasteiger partial charge in [0.05, 0.1) is 12.5 Å². The molecule has 1 aromatic carbocycles. The van der Waals surface area contributed by atoms with Gasteiger partial charge in [0, 0.05) is 18.7 Å². The number of rotatable bonds is 5. The van der Waals surface area contributed by atoms with Crippen molar-refractivity contribution in [3.05, 3.63) is 29.8 Å². The van der Waals surface area contributed by atoms with Crippen molar-refractivity contribution in [2.24, 2.45) is 23.2 Å². The third-order valence-electron chi connectivity index (χ3n) is 7.95. The average Bonchev–Trinajstić information content (AvgIpc) is 3.20. The van der Waals surface area contributed by atoms with Crippen molar-refractivity contribution in [3.8, 4) is 5.75 Å². The van der Waals surface area contributed by atoms with Gasteiger partial charge in [-0.15, -0.1) is 0 Å². The molecular weight excluding hydrogens is 364 g/mol. The Hall–Kier alpha value is -2.04. The summed E-state index contributed by atoms with van der Waals surface area (Å²) in [5, 5.41) is 3.06. The molecule has 4 bridgehead atoms. The van der Waals surface area contributed by atoms with Crippen LogP contribution in [-0.2, 0) is 16.1 Å². The maximum atomic E-state index is 13.7. The molecule has 1 heterocycles. The van der Waals surface area contributed by atoms with Crippen molar-refractivity contribution < 1.29 is 14.3 Å². The molecule has 0 spiro atoms. The molecule has 4 aliphatic carbocycles.